The Morgan fingerprint density at radius 3 is 2.46 bits per heavy atom. The van der Waals surface area contributed by atoms with Crippen LogP contribution in [0.2, 0.25) is 0 Å². The van der Waals surface area contributed by atoms with Crippen LogP contribution in [0.1, 0.15) is 29.4 Å². The average Bonchev–Trinajstić information content (AvgIpc) is 3.00. The van der Waals surface area contributed by atoms with Gasteiger partial charge in [-0.3, -0.25) is 23.5 Å². The van der Waals surface area contributed by atoms with Gasteiger partial charge in [0, 0.05) is 27.2 Å². The van der Waals surface area contributed by atoms with Crippen LogP contribution in [0.25, 0.3) is 11.0 Å². The molecule has 1 amide bonds. The number of aliphatic carboxylic acids is 1. The van der Waals surface area contributed by atoms with Crippen LogP contribution in [0.4, 0.5) is 0 Å². The summed E-state index contributed by atoms with van der Waals surface area (Å²) < 4.78 is 2.23. The largest absolute Gasteiger partial charge is 0.481 e. The smallest absolute Gasteiger partial charge is 0.332 e. The van der Waals surface area contributed by atoms with Gasteiger partial charge < -0.3 is 10.0 Å². The van der Waals surface area contributed by atoms with E-state index >= 15 is 0 Å². The van der Waals surface area contributed by atoms with Gasteiger partial charge in [0.2, 0.25) is 0 Å². The van der Waals surface area contributed by atoms with E-state index in [0.29, 0.717) is 18.5 Å². The predicted molar refractivity (Wildman–Crippen MR) is 93.2 cm³/mol. The Hall–Kier alpha value is -2.97. The number of likely N-dealkylation sites (tertiary alicyclic amines) is 1. The highest BCUT2D eigenvalue weighted by Gasteiger charge is 2.42. The average molecular weight is 360 g/mol. The molecule has 3 rings (SSSR count). The SMILES string of the molecule is Cc1cc(C(=O)N2CCC(C)(C(=O)O)C2)nc2c1c(=O)n(C)c(=O)n2C. The van der Waals surface area contributed by atoms with Gasteiger partial charge in [0.15, 0.2) is 0 Å². The number of hydrogen-bond acceptors (Lipinski definition) is 5. The lowest BCUT2D eigenvalue weighted by molar-refractivity contribution is -0.147. The molecule has 0 spiro atoms. The molecular formula is C17H20N4O5. The van der Waals surface area contributed by atoms with Crippen molar-refractivity contribution in [3.8, 4) is 0 Å². The zero-order valence-corrected chi connectivity index (χ0v) is 15.1. The van der Waals surface area contributed by atoms with Crippen LogP contribution < -0.4 is 11.2 Å². The van der Waals surface area contributed by atoms with E-state index < -0.39 is 28.5 Å². The number of aromatic nitrogens is 3. The number of carboxylic acid groups (broad SMARTS) is 1. The Kier molecular flexibility index (Phi) is 3.97. The fourth-order valence-corrected chi connectivity index (χ4v) is 3.31. The normalized spacial score (nSPS) is 19.9. The summed E-state index contributed by atoms with van der Waals surface area (Å²) in [6, 6.07) is 1.51. The van der Waals surface area contributed by atoms with E-state index in [1.807, 2.05) is 0 Å². The monoisotopic (exact) mass is 360 g/mol. The molecule has 1 aliphatic rings. The van der Waals surface area contributed by atoms with E-state index in [9.17, 15) is 24.3 Å². The van der Waals surface area contributed by atoms with Crippen LogP contribution in [-0.2, 0) is 18.9 Å². The summed E-state index contributed by atoms with van der Waals surface area (Å²) in [6.07, 6.45) is 0.361. The third-order valence-corrected chi connectivity index (χ3v) is 5.10. The lowest BCUT2D eigenvalue weighted by atomic mass is 9.90. The molecule has 1 saturated heterocycles. The van der Waals surface area contributed by atoms with Crippen LogP contribution >= 0.6 is 0 Å². The van der Waals surface area contributed by atoms with Gasteiger partial charge in [0.05, 0.1) is 10.8 Å². The summed E-state index contributed by atoms with van der Waals surface area (Å²) in [5.41, 5.74) is -1.21. The second kappa shape index (κ2) is 5.79. The van der Waals surface area contributed by atoms with E-state index in [0.717, 1.165) is 4.57 Å². The molecule has 0 aliphatic carbocycles. The molecule has 0 radical (unpaired) electrons. The summed E-state index contributed by atoms with van der Waals surface area (Å²) in [4.78, 5) is 54.4. The van der Waals surface area contributed by atoms with Crippen LogP contribution in [0.3, 0.4) is 0 Å². The summed E-state index contributed by atoms with van der Waals surface area (Å²) in [5.74, 6) is -1.35. The van der Waals surface area contributed by atoms with Gasteiger partial charge in [0.25, 0.3) is 11.5 Å². The van der Waals surface area contributed by atoms with Gasteiger partial charge in [-0.25, -0.2) is 9.78 Å². The summed E-state index contributed by atoms with van der Waals surface area (Å²) in [6.45, 7) is 3.69. The second-order valence-electron chi connectivity index (χ2n) is 7.07. The first-order valence-corrected chi connectivity index (χ1v) is 8.17. The molecule has 9 heteroatoms. The summed E-state index contributed by atoms with van der Waals surface area (Å²) in [5, 5.41) is 9.60. The van der Waals surface area contributed by atoms with E-state index in [-0.39, 0.29) is 23.3 Å². The first-order valence-electron chi connectivity index (χ1n) is 8.17. The second-order valence-corrected chi connectivity index (χ2v) is 7.07. The van der Waals surface area contributed by atoms with Gasteiger partial charge in [-0.05, 0) is 31.9 Å². The molecule has 1 atom stereocenters. The van der Waals surface area contributed by atoms with E-state index in [1.54, 1.807) is 13.8 Å². The highest BCUT2D eigenvalue weighted by atomic mass is 16.4. The minimum absolute atomic E-state index is 0.0906. The quantitative estimate of drug-likeness (QED) is 0.798. The van der Waals surface area contributed by atoms with Crippen LogP contribution in [0, 0.1) is 12.3 Å². The zero-order valence-electron chi connectivity index (χ0n) is 15.1. The summed E-state index contributed by atoms with van der Waals surface area (Å²) >= 11 is 0. The van der Waals surface area contributed by atoms with Crippen molar-refractivity contribution in [3.05, 3.63) is 38.2 Å². The van der Waals surface area contributed by atoms with Crippen molar-refractivity contribution in [3.63, 3.8) is 0 Å². The Morgan fingerprint density at radius 2 is 1.88 bits per heavy atom. The minimum atomic E-state index is -0.982. The van der Waals surface area contributed by atoms with Crippen molar-refractivity contribution >= 4 is 22.9 Å². The number of nitrogens with zero attached hydrogens (tertiary/aromatic N) is 4. The molecule has 1 aliphatic heterocycles. The standard InChI is InChI=1S/C17H20N4O5/c1-9-7-10(13(22)21-6-5-17(2,8-21)15(24)25)18-12-11(9)14(23)20(4)16(26)19(12)3/h7H,5-6,8H2,1-4H3,(H,24,25). The number of amides is 1. The van der Waals surface area contributed by atoms with E-state index in [1.165, 1.54) is 29.6 Å². The molecule has 9 nitrogen and oxygen atoms in total. The fraction of sp³-hybridized carbons (Fsp3) is 0.471. The number of aryl methyl sites for hydroxylation is 2. The Labute approximate surface area is 148 Å². The maximum absolute atomic E-state index is 12.8. The Morgan fingerprint density at radius 1 is 1.23 bits per heavy atom. The van der Waals surface area contributed by atoms with Crippen LogP contribution in [-0.4, -0.2) is 49.1 Å². The number of rotatable bonds is 2. The molecule has 0 bridgehead atoms. The minimum Gasteiger partial charge on any atom is -0.481 e. The number of carbonyl (C=O) groups is 2. The molecule has 1 unspecified atom stereocenters. The molecule has 26 heavy (non-hydrogen) atoms. The van der Waals surface area contributed by atoms with Crippen LogP contribution in [0.5, 0.6) is 0 Å². The van der Waals surface area contributed by atoms with Gasteiger partial charge in [-0.2, -0.15) is 0 Å². The maximum atomic E-state index is 12.8. The predicted octanol–water partition coefficient (Wildman–Crippen LogP) is -0.123. The van der Waals surface area contributed by atoms with Gasteiger partial charge in [0.1, 0.15) is 11.3 Å². The lowest BCUT2D eigenvalue weighted by Crippen LogP contribution is -2.38. The topological polar surface area (TPSA) is 114 Å². The van der Waals surface area contributed by atoms with E-state index in [2.05, 4.69) is 4.98 Å². The van der Waals surface area contributed by atoms with Gasteiger partial charge >= 0.3 is 11.7 Å². The molecule has 3 heterocycles. The lowest BCUT2D eigenvalue weighted by Gasteiger charge is -2.20. The fourth-order valence-electron chi connectivity index (χ4n) is 3.31. The summed E-state index contributed by atoms with van der Waals surface area (Å²) in [7, 11) is 2.88. The first kappa shape index (κ1) is 17.8. The molecule has 0 aromatic carbocycles. The van der Waals surface area contributed by atoms with Crippen molar-refractivity contribution in [2.75, 3.05) is 13.1 Å². The molecular weight excluding hydrogens is 340 g/mol. The third kappa shape index (κ3) is 2.51. The molecule has 2 aromatic rings. The van der Waals surface area contributed by atoms with Crippen molar-refractivity contribution in [1.82, 2.24) is 19.0 Å². The zero-order chi connectivity index (χ0) is 19.4. The number of pyridine rings is 1. The van der Waals surface area contributed by atoms with Crippen molar-refractivity contribution in [2.24, 2.45) is 19.5 Å². The number of carboxylic acids is 1. The molecule has 1 N–H and O–H groups in total. The highest BCUT2D eigenvalue weighted by Crippen LogP contribution is 2.31. The molecule has 0 saturated carbocycles. The van der Waals surface area contributed by atoms with E-state index in [4.69, 9.17) is 0 Å². The third-order valence-electron chi connectivity index (χ3n) is 5.10. The van der Waals surface area contributed by atoms with Crippen molar-refractivity contribution in [2.45, 2.75) is 20.3 Å². The highest BCUT2D eigenvalue weighted by molar-refractivity contribution is 5.96. The Bertz CT molecular complexity index is 1070. The van der Waals surface area contributed by atoms with Gasteiger partial charge in [-0.15, -0.1) is 0 Å². The first-order chi connectivity index (χ1) is 12.1. The number of fused-ring (bicyclic) bond motifs is 1. The maximum Gasteiger partial charge on any atom is 0.332 e. The number of hydrogen-bond donors (Lipinski definition) is 1. The molecule has 1 fully saturated rings. The molecule has 2 aromatic heterocycles. The Balaban J connectivity index is 2.10. The van der Waals surface area contributed by atoms with Crippen molar-refractivity contribution in [1.29, 1.82) is 0 Å². The number of carbonyl (C=O) groups excluding carboxylic acids is 1. The van der Waals surface area contributed by atoms with Crippen molar-refractivity contribution < 1.29 is 14.7 Å². The van der Waals surface area contributed by atoms with Gasteiger partial charge in [-0.1, -0.05) is 0 Å². The van der Waals surface area contributed by atoms with Crippen LogP contribution in [0.15, 0.2) is 15.7 Å². The molecule has 138 valence electrons.